The van der Waals surface area contributed by atoms with E-state index in [0.717, 1.165) is 60.8 Å². The molecule has 4 nitrogen and oxygen atoms in total. The molecule has 0 N–H and O–H groups in total. The van der Waals surface area contributed by atoms with Crippen LogP contribution in [0.25, 0.3) is 0 Å². The Labute approximate surface area is 151 Å². The molecule has 3 aliphatic rings. The second-order valence-electron chi connectivity index (χ2n) is 7.13. The topological polar surface area (TPSA) is 42.4 Å². The van der Waals surface area contributed by atoms with Crippen LogP contribution in [0.1, 0.15) is 42.8 Å². The van der Waals surface area contributed by atoms with Gasteiger partial charge in [0.2, 0.25) is 5.91 Å². The predicted octanol–water partition coefficient (Wildman–Crippen LogP) is 3.56. The third-order valence-electron chi connectivity index (χ3n) is 5.12. The molecule has 4 rings (SSSR count). The number of nitrogens with zero attached hydrogens (tertiary/aromatic N) is 2. The molecule has 1 aliphatic carbocycles. The maximum atomic E-state index is 12.5. The van der Waals surface area contributed by atoms with E-state index in [1.165, 1.54) is 6.42 Å². The molecule has 0 saturated carbocycles. The first kappa shape index (κ1) is 16.6. The van der Waals surface area contributed by atoms with Gasteiger partial charge < -0.3 is 9.64 Å². The van der Waals surface area contributed by atoms with E-state index in [9.17, 15) is 4.79 Å². The molecule has 0 bridgehead atoms. The SMILES string of the molecule is Cc1nc(COC2CSC3(C2)CN(C(=O)C2=CCCCC2)C3)cs1. The highest BCUT2D eigenvalue weighted by Crippen LogP contribution is 2.46. The molecular weight excluding hydrogens is 340 g/mol. The van der Waals surface area contributed by atoms with Crippen LogP contribution in [0.3, 0.4) is 0 Å². The van der Waals surface area contributed by atoms with Crippen molar-refractivity contribution in [3.8, 4) is 0 Å². The summed E-state index contributed by atoms with van der Waals surface area (Å²) in [6.45, 7) is 4.42. The average Bonchev–Trinajstić information content (AvgIpc) is 3.18. The van der Waals surface area contributed by atoms with E-state index in [4.69, 9.17) is 4.74 Å². The highest BCUT2D eigenvalue weighted by atomic mass is 32.2. The van der Waals surface area contributed by atoms with Gasteiger partial charge in [-0.05, 0) is 39.0 Å². The maximum Gasteiger partial charge on any atom is 0.249 e. The minimum absolute atomic E-state index is 0.244. The van der Waals surface area contributed by atoms with Crippen LogP contribution in [0.2, 0.25) is 0 Å². The molecule has 2 saturated heterocycles. The van der Waals surface area contributed by atoms with Gasteiger partial charge in [-0.3, -0.25) is 4.79 Å². The Morgan fingerprint density at radius 2 is 2.33 bits per heavy atom. The lowest BCUT2D eigenvalue weighted by molar-refractivity contribution is -0.132. The van der Waals surface area contributed by atoms with E-state index in [0.29, 0.717) is 12.7 Å². The number of ether oxygens (including phenoxy) is 1. The van der Waals surface area contributed by atoms with Gasteiger partial charge in [0.1, 0.15) is 0 Å². The molecule has 1 spiro atoms. The molecule has 6 heteroatoms. The highest BCUT2D eigenvalue weighted by Gasteiger charge is 2.51. The summed E-state index contributed by atoms with van der Waals surface area (Å²) < 4.78 is 6.30. The fourth-order valence-electron chi connectivity index (χ4n) is 3.84. The third kappa shape index (κ3) is 3.41. The Balaban J connectivity index is 1.25. The van der Waals surface area contributed by atoms with Gasteiger partial charge in [0.05, 0.1) is 28.2 Å². The zero-order valence-electron chi connectivity index (χ0n) is 14.1. The Morgan fingerprint density at radius 1 is 1.46 bits per heavy atom. The van der Waals surface area contributed by atoms with Gasteiger partial charge in [-0.25, -0.2) is 4.98 Å². The predicted molar refractivity (Wildman–Crippen MR) is 98.4 cm³/mol. The van der Waals surface area contributed by atoms with Gasteiger partial charge in [-0.15, -0.1) is 23.1 Å². The van der Waals surface area contributed by atoms with Gasteiger partial charge in [0.25, 0.3) is 0 Å². The fourth-order valence-corrected chi connectivity index (χ4v) is 5.98. The molecule has 0 radical (unpaired) electrons. The number of carbonyl (C=O) groups is 1. The normalized spacial score (nSPS) is 25.6. The van der Waals surface area contributed by atoms with Crippen LogP contribution >= 0.6 is 23.1 Å². The first-order valence-corrected chi connectivity index (χ1v) is 10.6. The summed E-state index contributed by atoms with van der Waals surface area (Å²) in [6.07, 6.45) is 7.94. The van der Waals surface area contributed by atoms with Crippen LogP contribution in [0.4, 0.5) is 0 Å². The second kappa shape index (κ2) is 6.81. The smallest absolute Gasteiger partial charge is 0.249 e. The summed E-state index contributed by atoms with van der Waals surface area (Å²) in [4.78, 5) is 19.0. The van der Waals surface area contributed by atoms with Crippen molar-refractivity contribution in [2.24, 2.45) is 0 Å². The molecule has 3 heterocycles. The van der Waals surface area contributed by atoms with E-state index in [-0.39, 0.29) is 10.7 Å². The van der Waals surface area contributed by atoms with Crippen LogP contribution in [0.5, 0.6) is 0 Å². The van der Waals surface area contributed by atoms with Gasteiger partial charge in [0, 0.05) is 29.8 Å². The molecule has 24 heavy (non-hydrogen) atoms. The van der Waals surface area contributed by atoms with Crippen molar-refractivity contribution in [1.29, 1.82) is 0 Å². The summed E-state index contributed by atoms with van der Waals surface area (Å²) in [5.74, 6) is 1.32. The van der Waals surface area contributed by atoms with Crippen molar-refractivity contribution in [3.63, 3.8) is 0 Å². The number of thiazole rings is 1. The van der Waals surface area contributed by atoms with Crippen molar-refractivity contribution in [2.45, 2.75) is 56.5 Å². The molecular formula is C18H24N2O2S2. The van der Waals surface area contributed by atoms with Crippen molar-refractivity contribution in [2.75, 3.05) is 18.8 Å². The number of hydrogen-bond donors (Lipinski definition) is 0. The number of carbonyl (C=O) groups excluding carboxylic acids is 1. The molecule has 130 valence electrons. The van der Waals surface area contributed by atoms with Crippen LogP contribution in [0, 0.1) is 6.92 Å². The molecule has 1 unspecified atom stereocenters. The number of hydrogen-bond acceptors (Lipinski definition) is 5. The lowest BCUT2D eigenvalue weighted by atomic mass is 9.90. The van der Waals surface area contributed by atoms with Gasteiger partial charge in [0.15, 0.2) is 0 Å². The Kier molecular flexibility index (Phi) is 4.71. The maximum absolute atomic E-state index is 12.5. The van der Waals surface area contributed by atoms with E-state index < -0.39 is 0 Å². The zero-order chi connectivity index (χ0) is 16.6. The first-order chi connectivity index (χ1) is 11.6. The number of amides is 1. The molecule has 0 aromatic carbocycles. The Morgan fingerprint density at radius 3 is 3.04 bits per heavy atom. The summed E-state index contributed by atoms with van der Waals surface area (Å²) >= 11 is 3.67. The lowest BCUT2D eigenvalue weighted by Gasteiger charge is -2.48. The molecule has 1 aromatic heterocycles. The third-order valence-corrected chi connectivity index (χ3v) is 7.52. The molecule has 1 amide bonds. The zero-order valence-corrected chi connectivity index (χ0v) is 15.8. The van der Waals surface area contributed by atoms with Crippen molar-refractivity contribution >= 4 is 29.0 Å². The summed E-state index contributed by atoms with van der Waals surface area (Å²) in [5.41, 5.74) is 2.09. The monoisotopic (exact) mass is 364 g/mol. The van der Waals surface area contributed by atoms with E-state index in [1.807, 2.05) is 23.6 Å². The minimum atomic E-state index is 0.244. The number of aromatic nitrogens is 1. The van der Waals surface area contributed by atoms with Crippen molar-refractivity contribution in [1.82, 2.24) is 9.88 Å². The molecule has 2 aliphatic heterocycles. The Hall–Kier alpha value is -0.850. The highest BCUT2D eigenvalue weighted by molar-refractivity contribution is 8.01. The van der Waals surface area contributed by atoms with E-state index >= 15 is 0 Å². The molecule has 1 aromatic rings. The minimum Gasteiger partial charge on any atom is -0.371 e. The summed E-state index contributed by atoms with van der Waals surface area (Å²) in [5, 5.41) is 3.17. The van der Waals surface area contributed by atoms with E-state index in [1.54, 1.807) is 11.3 Å². The Bertz CT molecular complexity index is 649. The largest absolute Gasteiger partial charge is 0.371 e. The summed E-state index contributed by atoms with van der Waals surface area (Å²) in [6, 6.07) is 0. The number of aryl methyl sites for hydroxylation is 1. The van der Waals surface area contributed by atoms with Crippen molar-refractivity contribution < 1.29 is 9.53 Å². The lowest BCUT2D eigenvalue weighted by Crippen LogP contribution is -2.61. The van der Waals surface area contributed by atoms with Crippen LogP contribution < -0.4 is 0 Å². The standard InChI is InChI=1S/C18H24N2O2S2/c1-13-19-15(9-23-13)8-22-16-7-18(24-10-16)11-20(12-18)17(21)14-5-3-2-4-6-14/h5,9,16H,2-4,6-8,10-12H2,1H3. The quantitative estimate of drug-likeness (QED) is 0.819. The van der Waals surface area contributed by atoms with Crippen LogP contribution in [0.15, 0.2) is 17.0 Å². The number of allylic oxidation sites excluding steroid dienone is 1. The van der Waals surface area contributed by atoms with Crippen LogP contribution in [-0.4, -0.2) is 45.5 Å². The molecule has 1 atom stereocenters. The summed E-state index contributed by atoms with van der Waals surface area (Å²) in [7, 11) is 0. The second-order valence-corrected chi connectivity index (χ2v) is 9.68. The fraction of sp³-hybridized carbons (Fsp3) is 0.667. The number of likely N-dealkylation sites (tertiary alicyclic amines) is 1. The van der Waals surface area contributed by atoms with Crippen molar-refractivity contribution in [3.05, 3.63) is 27.7 Å². The average molecular weight is 365 g/mol. The van der Waals surface area contributed by atoms with E-state index in [2.05, 4.69) is 16.4 Å². The van der Waals surface area contributed by atoms with Gasteiger partial charge in [-0.2, -0.15) is 0 Å². The molecule has 2 fully saturated rings. The van der Waals surface area contributed by atoms with Crippen LogP contribution in [-0.2, 0) is 16.1 Å². The first-order valence-electron chi connectivity index (χ1n) is 8.78. The van der Waals surface area contributed by atoms with Gasteiger partial charge in [-0.1, -0.05) is 6.08 Å². The number of rotatable bonds is 4. The van der Waals surface area contributed by atoms with Gasteiger partial charge >= 0.3 is 0 Å². The number of thioether (sulfide) groups is 1.